The second kappa shape index (κ2) is 8.42. The van der Waals surface area contributed by atoms with Gasteiger partial charge in [-0.1, -0.05) is 80.4 Å². The molecule has 2 aromatic heterocycles. The highest BCUT2D eigenvalue weighted by atomic mass is 16.1. The lowest BCUT2D eigenvalue weighted by Gasteiger charge is -2.16. The van der Waals surface area contributed by atoms with Crippen LogP contribution in [0.15, 0.2) is 72.8 Å². The van der Waals surface area contributed by atoms with Crippen molar-refractivity contribution in [2.24, 2.45) is 14.1 Å². The number of aldehydes is 1. The van der Waals surface area contributed by atoms with Crippen molar-refractivity contribution in [1.29, 1.82) is 0 Å². The Labute approximate surface area is 205 Å². The van der Waals surface area contributed by atoms with Crippen molar-refractivity contribution in [3.8, 4) is 11.1 Å². The van der Waals surface area contributed by atoms with Crippen LogP contribution >= 0.6 is 0 Å². The van der Waals surface area contributed by atoms with Crippen LogP contribution in [0.4, 0.5) is 0 Å². The first-order valence-corrected chi connectivity index (χ1v) is 12.6. The maximum absolute atomic E-state index is 11.4. The Morgan fingerprint density at radius 1 is 0.714 bits per heavy atom. The van der Waals surface area contributed by atoms with E-state index in [4.69, 9.17) is 0 Å². The summed E-state index contributed by atoms with van der Waals surface area (Å²) in [6, 6.07) is 25.6. The fraction of sp³-hybridized carbons (Fsp3) is 0.219. The second-order valence-corrected chi connectivity index (χ2v) is 9.65. The molecular formula is C32H30N2O. The van der Waals surface area contributed by atoms with E-state index in [1.807, 2.05) is 12.1 Å². The number of carbonyl (C=O) groups is 1. The van der Waals surface area contributed by atoms with Crippen LogP contribution in [-0.4, -0.2) is 15.4 Å². The molecule has 0 aliphatic carbocycles. The van der Waals surface area contributed by atoms with E-state index in [0.717, 1.165) is 18.3 Å². The van der Waals surface area contributed by atoms with E-state index in [2.05, 4.69) is 90.8 Å². The van der Waals surface area contributed by atoms with Gasteiger partial charge in [0.25, 0.3) is 0 Å². The monoisotopic (exact) mass is 458 g/mol. The molecular weight excluding hydrogens is 428 g/mol. The van der Waals surface area contributed by atoms with Gasteiger partial charge in [-0.05, 0) is 36.1 Å². The maximum atomic E-state index is 11.4. The Hall–Kier alpha value is -3.85. The third-order valence-electron chi connectivity index (χ3n) is 7.65. The summed E-state index contributed by atoms with van der Waals surface area (Å²) < 4.78 is 4.77. The van der Waals surface area contributed by atoms with Gasteiger partial charge in [0.15, 0.2) is 0 Å². The maximum Gasteiger partial charge on any atom is 0.150 e. The number of fused-ring (bicyclic) bond motifs is 6. The normalized spacial score (nSPS) is 11.9. The summed E-state index contributed by atoms with van der Waals surface area (Å²) in [6.07, 6.45) is 5.59. The summed E-state index contributed by atoms with van der Waals surface area (Å²) in [5, 5.41) is 5.27. The molecule has 0 fully saturated rings. The number of unbranched alkanes of at least 4 members (excludes halogenated alkanes) is 2. The molecule has 0 aliphatic heterocycles. The molecule has 0 atom stereocenters. The minimum absolute atomic E-state index is 0.701. The van der Waals surface area contributed by atoms with Gasteiger partial charge in [0.1, 0.15) is 6.29 Å². The second-order valence-electron chi connectivity index (χ2n) is 9.65. The van der Waals surface area contributed by atoms with E-state index in [9.17, 15) is 4.79 Å². The molecule has 0 amide bonds. The highest BCUT2D eigenvalue weighted by molar-refractivity contribution is 6.27. The van der Waals surface area contributed by atoms with E-state index < -0.39 is 0 Å². The Morgan fingerprint density at radius 3 is 1.94 bits per heavy atom. The van der Waals surface area contributed by atoms with Crippen LogP contribution in [0.1, 0.15) is 42.1 Å². The summed E-state index contributed by atoms with van der Waals surface area (Å²) in [7, 11) is 4.41. The Balaban J connectivity index is 1.89. The Morgan fingerprint density at radius 2 is 1.31 bits per heavy atom. The van der Waals surface area contributed by atoms with Crippen LogP contribution < -0.4 is 0 Å². The first kappa shape index (κ1) is 21.7. The Bertz CT molecular complexity index is 1730. The summed E-state index contributed by atoms with van der Waals surface area (Å²) in [5.41, 5.74) is 9.67. The molecule has 4 aromatic carbocycles. The molecule has 0 bridgehead atoms. The topological polar surface area (TPSA) is 26.9 Å². The van der Waals surface area contributed by atoms with E-state index in [1.54, 1.807) is 0 Å². The largest absolute Gasteiger partial charge is 0.343 e. The van der Waals surface area contributed by atoms with Crippen LogP contribution in [0.5, 0.6) is 0 Å². The fourth-order valence-corrected chi connectivity index (χ4v) is 6.03. The van der Waals surface area contributed by atoms with Crippen LogP contribution in [0.2, 0.25) is 0 Å². The predicted molar refractivity (Wildman–Crippen MR) is 148 cm³/mol. The highest BCUT2D eigenvalue weighted by Gasteiger charge is 2.25. The van der Waals surface area contributed by atoms with Gasteiger partial charge >= 0.3 is 0 Å². The van der Waals surface area contributed by atoms with Gasteiger partial charge in [-0.25, -0.2) is 0 Å². The van der Waals surface area contributed by atoms with E-state index in [-0.39, 0.29) is 0 Å². The first-order chi connectivity index (χ1) is 17.2. The van der Waals surface area contributed by atoms with Gasteiger partial charge in [0, 0.05) is 57.8 Å². The molecule has 0 N–H and O–H groups in total. The number of benzene rings is 4. The number of hydrogen-bond donors (Lipinski definition) is 0. The summed E-state index contributed by atoms with van der Waals surface area (Å²) in [6.45, 7) is 2.27. The zero-order valence-electron chi connectivity index (χ0n) is 20.6. The lowest BCUT2D eigenvalue weighted by atomic mass is 9.90. The fourth-order valence-electron chi connectivity index (χ4n) is 6.03. The average molecular weight is 459 g/mol. The lowest BCUT2D eigenvalue weighted by Crippen LogP contribution is -1.98. The van der Waals surface area contributed by atoms with Crippen LogP contribution in [0, 0.1) is 0 Å². The minimum atomic E-state index is 0.701. The standard InChI is InChI=1S/C32H30N2O/c1-4-5-6-13-25-29-23-11-7-9-14-26(23)34(3)32(29)28(22-18-16-21(20-35)17-19-22)30-24-12-8-10-15-27(24)33(2)31(25)30/h7-12,14-20H,4-6,13H2,1-3H3. The molecule has 2 heterocycles. The number of aromatic nitrogens is 2. The number of para-hydroxylation sites is 2. The molecule has 0 aliphatic rings. The molecule has 6 rings (SSSR count). The van der Waals surface area contributed by atoms with Crippen molar-refractivity contribution in [3.63, 3.8) is 0 Å². The molecule has 174 valence electrons. The average Bonchev–Trinajstić information content (AvgIpc) is 3.36. The third kappa shape index (κ3) is 3.15. The number of aryl methyl sites for hydroxylation is 3. The predicted octanol–water partition coefficient (Wildman–Crippen LogP) is 8.19. The van der Waals surface area contributed by atoms with Crippen molar-refractivity contribution in [2.75, 3.05) is 0 Å². The molecule has 3 heteroatoms. The molecule has 0 unspecified atom stereocenters. The van der Waals surface area contributed by atoms with Crippen molar-refractivity contribution < 1.29 is 4.79 Å². The number of hydrogen-bond acceptors (Lipinski definition) is 1. The number of nitrogens with zero attached hydrogens (tertiary/aromatic N) is 2. The van der Waals surface area contributed by atoms with Gasteiger partial charge in [0.2, 0.25) is 0 Å². The minimum Gasteiger partial charge on any atom is -0.343 e. The SMILES string of the molecule is CCCCCc1c2c3ccccc3n(C)c2c(-c2ccc(C=O)cc2)c2c3ccccc3n(C)c12. The van der Waals surface area contributed by atoms with Crippen molar-refractivity contribution in [2.45, 2.75) is 32.6 Å². The van der Waals surface area contributed by atoms with Crippen molar-refractivity contribution in [3.05, 3.63) is 83.9 Å². The van der Waals surface area contributed by atoms with E-state index in [0.29, 0.717) is 5.56 Å². The zero-order valence-corrected chi connectivity index (χ0v) is 20.6. The molecule has 35 heavy (non-hydrogen) atoms. The van der Waals surface area contributed by atoms with Gasteiger partial charge in [-0.15, -0.1) is 0 Å². The lowest BCUT2D eigenvalue weighted by molar-refractivity contribution is 0.112. The molecule has 3 nitrogen and oxygen atoms in total. The van der Waals surface area contributed by atoms with Crippen LogP contribution in [-0.2, 0) is 20.5 Å². The quantitative estimate of drug-likeness (QED) is 0.183. The Kier molecular flexibility index (Phi) is 5.21. The summed E-state index contributed by atoms with van der Waals surface area (Å²) >= 11 is 0. The first-order valence-electron chi connectivity index (χ1n) is 12.6. The molecule has 0 radical (unpaired) electrons. The summed E-state index contributed by atoms with van der Waals surface area (Å²) in [4.78, 5) is 11.4. The molecule has 0 saturated heterocycles. The van der Waals surface area contributed by atoms with Gasteiger partial charge < -0.3 is 9.13 Å². The summed E-state index contributed by atoms with van der Waals surface area (Å²) in [5.74, 6) is 0. The number of carbonyl (C=O) groups excluding carboxylic acids is 1. The van der Waals surface area contributed by atoms with Crippen molar-refractivity contribution >= 4 is 49.9 Å². The van der Waals surface area contributed by atoms with Gasteiger partial charge in [-0.2, -0.15) is 0 Å². The third-order valence-corrected chi connectivity index (χ3v) is 7.65. The highest BCUT2D eigenvalue weighted by Crippen LogP contribution is 2.47. The van der Waals surface area contributed by atoms with E-state index >= 15 is 0 Å². The molecule has 6 aromatic rings. The van der Waals surface area contributed by atoms with Gasteiger partial charge in [-0.3, -0.25) is 4.79 Å². The van der Waals surface area contributed by atoms with Crippen LogP contribution in [0.3, 0.4) is 0 Å². The molecule has 0 spiro atoms. The van der Waals surface area contributed by atoms with Gasteiger partial charge in [0.05, 0.1) is 11.0 Å². The van der Waals surface area contributed by atoms with Crippen molar-refractivity contribution in [1.82, 2.24) is 9.13 Å². The van der Waals surface area contributed by atoms with E-state index in [1.165, 1.54) is 74.0 Å². The number of rotatable bonds is 6. The smallest absolute Gasteiger partial charge is 0.150 e. The zero-order chi connectivity index (χ0) is 24.1. The molecule has 0 saturated carbocycles. The van der Waals surface area contributed by atoms with Crippen LogP contribution in [0.25, 0.3) is 54.7 Å².